The van der Waals surface area contributed by atoms with Gasteiger partial charge in [-0.05, 0) is 36.2 Å². The van der Waals surface area contributed by atoms with E-state index in [1.54, 1.807) is 38.5 Å². The van der Waals surface area contributed by atoms with Crippen LogP contribution in [0.5, 0.6) is 11.5 Å². The van der Waals surface area contributed by atoms with Gasteiger partial charge in [0.15, 0.2) is 24.0 Å². The van der Waals surface area contributed by atoms with Crippen molar-refractivity contribution in [1.29, 1.82) is 0 Å². The highest BCUT2D eigenvalue weighted by atomic mass is 16.6. The summed E-state index contributed by atoms with van der Waals surface area (Å²) in [5.41, 5.74) is 3.57. The van der Waals surface area contributed by atoms with Gasteiger partial charge in [-0.1, -0.05) is 42.5 Å². The van der Waals surface area contributed by atoms with E-state index in [4.69, 9.17) is 18.9 Å². The lowest BCUT2D eigenvalue weighted by atomic mass is 10.0. The van der Waals surface area contributed by atoms with Crippen LogP contribution in [0.1, 0.15) is 49.9 Å². The number of fused-ring (bicyclic) bond motifs is 2. The van der Waals surface area contributed by atoms with Crippen molar-refractivity contribution in [3.8, 4) is 11.5 Å². The minimum absolute atomic E-state index is 0.385. The fraction of sp³-hybridized carbons (Fsp3) is 0.231. The summed E-state index contributed by atoms with van der Waals surface area (Å²) in [6, 6.07) is 20.3. The van der Waals surface area contributed by atoms with Crippen molar-refractivity contribution in [2.45, 2.75) is 18.9 Å². The van der Waals surface area contributed by atoms with Crippen LogP contribution in [-0.4, -0.2) is 37.6 Å². The molecule has 2 aliphatic rings. The van der Waals surface area contributed by atoms with Crippen molar-refractivity contribution in [2.24, 2.45) is 0 Å². The predicted octanol–water partition coefficient (Wildman–Crippen LogP) is 4.29. The molecule has 0 spiro atoms. The minimum atomic E-state index is -0.669. The Morgan fingerprint density at radius 1 is 0.758 bits per heavy atom. The van der Waals surface area contributed by atoms with E-state index in [-0.39, 0.29) is 11.9 Å². The third kappa shape index (κ3) is 3.70. The second-order valence-electron chi connectivity index (χ2n) is 7.87. The van der Waals surface area contributed by atoms with Gasteiger partial charge in [0.2, 0.25) is 0 Å². The van der Waals surface area contributed by atoms with Gasteiger partial charge in [-0.15, -0.1) is 0 Å². The molecule has 0 aromatic heterocycles. The van der Waals surface area contributed by atoms with Gasteiger partial charge in [0.1, 0.15) is 0 Å². The van der Waals surface area contributed by atoms with E-state index < -0.39 is 12.5 Å². The second kappa shape index (κ2) is 8.60. The molecule has 0 bridgehead atoms. The normalized spacial score (nSPS) is 18.5. The molecular formula is C26H23NO6. The van der Waals surface area contributed by atoms with Crippen LogP contribution in [0.4, 0.5) is 0 Å². The number of hydrogen-bond acceptors (Lipinski definition) is 7. The van der Waals surface area contributed by atoms with Crippen LogP contribution in [0, 0.1) is 0 Å². The first-order valence-corrected chi connectivity index (χ1v) is 10.7. The summed E-state index contributed by atoms with van der Waals surface area (Å²) in [6.45, 7) is 0.466. The van der Waals surface area contributed by atoms with Crippen LogP contribution < -0.4 is 9.47 Å². The number of methoxy groups -OCH3 is 2. The number of ether oxygens (including phenoxy) is 4. The molecule has 0 amide bonds. The number of benzene rings is 3. The number of esters is 2. The molecule has 0 fully saturated rings. The molecule has 3 aromatic rings. The number of hydrogen-bond donors (Lipinski definition) is 0. The van der Waals surface area contributed by atoms with Crippen molar-refractivity contribution in [2.75, 3.05) is 20.8 Å². The van der Waals surface area contributed by atoms with Gasteiger partial charge in [0, 0.05) is 17.7 Å². The average molecular weight is 445 g/mol. The summed E-state index contributed by atoms with van der Waals surface area (Å²) in [6.07, 6.45) is -0.733. The molecule has 33 heavy (non-hydrogen) atoms. The van der Waals surface area contributed by atoms with Crippen molar-refractivity contribution in [3.63, 3.8) is 0 Å². The van der Waals surface area contributed by atoms with Gasteiger partial charge < -0.3 is 18.9 Å². The summed E-state index contributed by atoms with van der Waals surface area (Å²) in [5, 5.41) is 0. The number of carbonyl (C=O) groups is 2. The molecule has 2 atom stereocenters. The highest BCUT2D eigenvalue weighted by Crippen LogP contribution is 2.42. The smallest absolute Gasteiger partial charge is 0.340 e. The molecule has 2 unspecified atom stereocenters. The molecule has 0 radical (unpaired) electrons. The maximum atomic E-state index is 12.5. The Hall–Kier alpha value is -3.84. The zero-order valence-corrected chi connectivity index (χ0v) is 18.3. The molecule has 168 valence electrons. The van der Waals surface area contributed by atoms with E-state index in [9.17, 15) is 9.59 Å². The van der Waals surface area contributed by atoms with Crippen LogP contribution in [-0.2, 0) is 15.9 Å². The summed E-state index contributed by atoms with van der Waals surface area (Å²) in [5.74, 6) is 0.515. The summed E-state index contributed by atoms with van der Waals surface area (Å²) in [7, 11) is 3.19. The van der Waals surface area contributed by atoms with Crippen molar-refractivity contribution in [1.82, 2.24) is 4.90 Å². The van der Waals surface area contributed by atoms with Gasteiger partial charge in [-0.25, -0.2) is 14.5 Å². The number of nitrogens with zero attached hydrogens (tertiary/aromatic N) is 1. The van der Waals surface area contributed by atoms with E-state index in [0.717, 1.165) is 16.7 Å². The predicted molar refractivity (Wildman–Crippen MR) is 119 cm³/mol. The van der Waals surface area contributed by atoms with Crippen LogP contribution >= 0.6 is 0 Å². The van der Waals surface area contributed by atoms with E-state index in [1.807, 2.05) is 47.4 Å². The minimum Gasteiger partial charge on any atom is -0.493 e. The molecule has 0 aliphatic carbocycles. The largest absolute Gasteiger partial charge is 0.493 e. The van der Waals surface area contributed by atoms with Gasteiger partial charge in [-0.3, -0.25) is 0 Å². The van der Waals surface area contributed by atoms with Gasteiger partial charge in [0.05, 0.1) is 25.3 Å². The maximum Gasteiger partial charge on any atom is 0.340 e. The topological polar surface area (TPSA) is 74.3 Å². The van der Waals surface area contributed by atoms with E-state index >= 15 is 0 Å². The molecule has 2 aliphatic heterocycles. The highest BCUT2D eigenvalue weighted by Gasteiger charge is 2.43. The number of rotatable bonds is 7. The molecule has 3 aromatic carbocycles. The molecule has 7 heteroatoms. The summed E-state index contributed by atoms with van der Waals surface area (Å²) in [4.78, 5) is 27.0. The van der Waals surface area contributed by atoms with Crippen LogP contribution in [0.15, 0.2) is 66.7 Å². The van der Waals surface area contributed by atoms with E-state index in [2.05, 4.69) is 0 Å². The van der Waals surface area contributed by atoms with Gasteiger partial charge in [-0.2, -0.15) is 0 Å². The first-order chi connectivity index (χ1) is 16.1. The zero-order valence-electron chi connectivity index (χ0n) is 18.3. The Labute approximate surface area is 191 Å². The Morgan fingerprint density at radius 2 is 1.30 bits per heavy atom. The molecular weight excluding hydrogens is 422 g/mol. The third-order valence-corrected chi connectivity index (χ3v) is 6.04. The van der Waals surface area contributed by atoms with Crippen LogP contribution in [0.25, 0.3) is 0 Å². The van der Waals surface area contributed by atoms with Crippen molar-refractivity contribution in [3.05, 3.63) is 94.5 Å². The Balaban J connectivity index is 1.49. The van der Waals surface area contributed by atoms with E-state index in [1.165, 1.54) is 0 Å². The fourth-order valence-corrected chi connectivity index (χ4v) is 4.40. The second-order valence-corrected chi connectivity index (χ2v) is 7.87. The van der Waals surface area contributed by atoms with Crippen molar-refractivity contribution < 1.29 is 28.5 Å². The quantitative estimate of drug-likeness (QED) is 0.503. The molecule has 7 nitrogen and oxygen atoms in total. The van der Waals surface area contributed by atoms with Crippen LogP contribution in [0.3, 0.4) is 0 Å². The number of carbonyl (C=O) groups excluding carboxylic acids is 2. The lowest BCUT2D eigenvalue weighted by Gasteiger charge is -2.32. The fourth-order valence-electron chi connectivity index (χ4n) is 4.40. The Morgan fingerprint density at radius 3 is 1.85 bits per heavy atom. The standard InChI is InChI=1S/C26H23NO6/c1-30-21-12-11-16(15-22(21)31-2)13-14-27(23-17-7-3-5-9-19(17)25(28)32-23)24-18-8-4-6-10-20(18)26(29)33-24/h3-12,15,23-24H,13-14H2,1-2H3. The molecule has 5 rings (SSSR count). The van der Waals surface area contributed by atoms with Crippen molar-refractivity contribution >= 4 is 11.9 Å². The average Bonchev–Trinajstić information content (AvgIpc) is 3.37. The lowest BCUT2D eigenvalue weighted by molar-refractivity contribution is -0.107. The van der Waals surface area contributed by atoms with Crippen LogP contribution in [0.2, 0.25) is 0 Å². The summed E-state index contributed by atoms with van der Waals surface area (Å²) >= 11 is 0. The highest BCUT2D eigenvalue weighted by molar-refractivity contribution is 5.95. The zero-order chi connectivity index (χ0) is 22.9. The van der Waals surface area contributed by atoms with E-state index in [0.29, 0.717) is 35.6 Å². The van der Waals surface area contributed by atoms with Gasteiger partial charge in [0.25, 0.3) is 0 Å². The maximum absolute atomic E-state index is 12.5. The monoisotopic (exact) mass is 445 g/mol. The first kappa shape index (κ1) is 21.0. The first-order valence-electron chi connectivity index (χ1n) is 10.7. The summed E-state index contributed by atoms with van der Waals surface area (Å²) < 4.78 is 22.3. The molecule has 2 heterocycles. The molecule has 0 N–H and O–H groups in total. The SMILES string of the molecule is COc1ccc(CCN(C2OC(=O)c3ccccc32)C2OC(=O)c3ccccc32)cc1OC. The molecule has 0 saturated heterocycles. The Bertz CT molecular complexity index is 1160. The third-order valence-electron chi connectivity index (χ3n) is 6.04. The number of cyclic esters (lactones) is 2. The van der Waals surface area contributed by atoms with Gasteiger partial charge >= 0.3 is 11.9 Å². The lowest BCUT2D eigenvalue weighted by Crippen LogP contribution is -2.35. The molecule has 0 saturated carbocycles. The Kier molecular flexibility index (Phi) is 5.48.